The van der Waals surface area contributed by atoms with E-state index in [0.717, 1.165) is 56.5 Å². The third kappa shape index (κ3) is 3.66. The van der Waals surface area contributed by atoms with Gasteiger partial charge in [0.2, 0.25) is 0 Å². The predicted octanol–water partition coefficient (Wildman–Crippen LogP) is 3.78. The number of hydrogen-bond acceptors (Lipinski definition) is 4. The van der Waals surface area contributed by atoms with Gasteiger partial charge in [-0.05, 0) is 68.6 Å². The zero-order chi connectivity index (χ0) is 20.4. The lowest BCUT2D eigenvalue weighted by atomic mass is 9.47. The van der Waals surface area contributed by atoms with Crippen molar-refractivity contribution in [2.75, 3.05) is 6.61 Å². The van der Waals surface area contributed by atoms with Crippen LogP contribution in [-0.4, -0.2) is 33.9 Å². The first-order chi connectivity index (χ1) is 13.6. The van der Waals surface area contributed by atoms with Gasteiger partial charge in [0.1, 0.15) is 0 Å². The van der Waals surface area contributed by atoms with Crippen LogP contribution in [0.4, 0.5) is 0 Å². The van der Waals surface area contributed by atoms with Gasteiger partial charge in [0, 0.05) is 17.7 Å². The second-order valence-electron chi connectivity index (χ2n) is 11.3. The van der Waals surface area contributed by atoms with Crippen molar-refractivity contribution < 1.29 is 14.6 Å². The number of carbonyl (C=O) groups is 1. The van der Waals surface area contributed by atoms with Crippen LogP contribution in [0.1, 0.15) is 77.0 Å². The fraction of sp³-hybridized carbons (Fsp3) is 0.826. The largest absolute Gasteiger partial charge is 0.390 e. The first-order valence-corrected chi connectivity index (χ1v) is 12.1. The monoisotopic (exact) mass is 418 g/mol. The molecule has 4 saturated carbocycles. The highest BCUT2D eigenvalue weighted by atomic mass is 32.1. The molecule has 0 radical (unpaired) electrons. The van der Waals surface area contributed by atoms with Crippen LogP contribution in [0.25, 0.3) is 0 Å². The van der Waals surface area contributed by atoms with E-state index in [1.165, 1.54) is 11.3 Å². The van der Waals surface area contributed by atoms with Crippen molar-refractivity contribution in [3.05, 3.63) is 15.9 Å². The fourth-order valence-electron chi connectivity index (χ4n) is 6.62. The molecule has 1 aromatic rings. The maximum absolute atomic E-state index is 13.5. The summed E-state index contributed by atoms with van der Waals surface area (Å²) >= 11 is 1.64. The minimum atomic E-state index is -0.630. The average molecular weight is 419 g/mol. The number of ether oxygens (including phenoxy) is 1. The molecule has 0 spiro atoms. The maximum atomic E-state index is 13.5. The lowest BCUT2D eigenvalue weighted by Crippen LogP contribution is -2.58. The lowest BCUT2D eigenvalue weighted by Gasteiger charge is -2.58. The summed E-state index contributed by atoms with van der Waals surface area (Å²) in [5.41, 5.74) is -1.04. The Kier molecular flexibility index (Phi) is 4.65. The van der Waals surface area contributed by atoms with Crippen molar-refractivity contribution in [3.63, 3.8) is 0 Å². The molecule has 5 fully saturated rings. The summed E-state index contributed by atoms with van der Waals surface area (Å²) in [4.78, 5) is 20.3. The first kappa shape index (κ1) is 20.0. The highest BCUT2D eigenvalue weighted by Crippen LogP contribution is 2.62. The molecule has 29 heavy (non-hydrogen) atoms. The van der Waals surface area contributed by atoms with Crippen LogP contribution in [0.15, 0.2) is 11.2 Å². The van der Waals surface area contributed by atoms with Crippen LogP contribution in [0.3, 0.4) is 0 Å². The number of hydrogen-bond donors (Lipinski definition) is 1. The normalized spacial score (nSPS) is 39.4. The summed E-state index contributed by atoms with van der Waals surface area (Å²) < 4.78 is 8.00. The van der Waals surface area contributed by atoms with Crippen LogP contribution < -0.4 is 4.80 Å². The van der Waals surface area contributed by atoms with Gasteiger partial charge in [0.25, 0.3) is 5.91 Å². The number of thiazole rings is 1. The van der Waals surface area contributed by atoms with Crippen molar-refractivity contribution in [1.82, 2.24) is 4.57 Å². The zero-order valence-corrected chi connectivity index (χ0v) is 18.8. The van der Waals surface area contributed by atoms with Gasteiger partial charge < -0.3 is 14.4 Å². The Hall–Kier alpha value is -0.980. The van der Waals surface area contributed by atoms with Crippen LogP contribution in [-0.2, 0) is 21.5 Å². The summed E-state index contributed by atoms with van der Waals surface area (Å²) in [7, 11) is 0. The molecule has 1 N–H and O–H groups in total. The molecule has 6 rings (SSSR count). The highest BCUT2D eigenvalue weighted by Gasteiger charge is 2.60. The highest BCUT2D eigenvalue weighted by molar-refractivity contribution is 7.09. The Morgan fingerprint density at radius 1 is 1.31 bits per heavy atom. The first-order valence-electron chi connectivity index (χ1n) is 11.3. The number of nitrogens with zero attached hydrogens (tertiary/aromatic N) is 2. The summed E-state index contributed by atoms with van der Waals surface area (Å²) in [5, 5.41) is 11.0. The molecule has 5 aliphatic rings. The van der Waals surface area contributed by atoms with Gasteiger partial charge in [-0.25, -0.2) is 0 Å². The van der Waals surface area contributed by atoms with E-state index >= 15 is 0 Å². The lowest BCUT2D eigenvalue weighted by molar-refractivity contribution is -0.175. The van der Waals surface area contributed by atoms with Gasteiger partial charge in [0.05, 0.1) is 23.7 Å². The summed E-state index contributed by atoms with van der Waals surface area (Å²) in [5.74, 6) is 0.995. The van der Waals surface area contributed by atoms with E-state index < -0.39 is 11.0 Å². The Bertz CT molecular complexity index is 857. The topological polar surface area (TPSA) is 63.8 Å². The Balaban J connectivity index is 1.49. The molecule has 1 amide bonds. The van der Waals surface area contributed by atoms with Gasteiger partial charge in [-0.2, -0.15) is 4.99 Å². The number of carbonyl (C=O) groups excluding carboxylic acids is 1. The smallest absolute Gasteiger partial charge is 0.254 e. The molecule has 2 heterocycles. The number of rotatable bonds is 3. The molecule has 4 bridgehead atoms. The average Bonchev–Trinajstić information content (AvgIpc) is 3.23. The van der Waals surface area contributed by atoms with E-state index in [-0.39, 0.29) is 17.4 Å². The minimum absolute atomic E-state index is 0.00780. The van der Waals surface area contributed by atoms with E-state index in [1.54, 1.807) is 11.3 Å². The molecule has 3 unspecified atom stereocenters. The van der Waals surface area contributed by atoms with E-state index in [1.807, 2.05) is 0 Å². The molecular weight excluding hydrogens is 384 g/mol. The third-order valence-corrected chi connectivity index (χ3v) is 9.01. The van der Waals surface area contributed by atoms with E-state index in [4.69, 9.17) is 9.73 Å². The molecule has 1 aromatic heterocycles. The molecule has 4 aliphatic carbocycles. The molecular formula is C23H34N2O3S. The quantitative estimate of drug-likeness (QED) is 0.812. The molecule has 6 heteroatoms. The van der Waals surface area contributed by atoms with Crippen molar-refractivity contribution >= 4 is 17.2 Å². The maximum Gasteiger partial charge on any atom is 0.254 e. The van der Waals surface area contributed by atoms with Crippen molar-refractivity contribution in [2.24, 2.45) is 22.2 Å². The minimum Gasteiger partial charge on any atom is -0.390 e. The molecule has 0 aromatic carbocycles. The number of aromatic nitrogens is 1. The SMILES string of the molecule is CC(C)(C)c1cn(CC2CCCO2)/c(=N/C(=O)C23CC4CC(CC(O)(C4)C2)C3)s1. The molecule has 160 valence electrons. The summed E-state index contributed by atoms with van der Waals surface area (Å²) in [6, 6.07) is 0. The Morgan fingerprint density at radius 3 is 2.62 bits per heavy atom. The van der Waals surface area contributed by atoms with Crippen LogP contribution in [0, 0.1) is 17.3 Å². The standard InChI is InChI=1S/C23H34N2O3S/c1-21(2,3)18-13-25(12-17-5-4-6-28-17)20(29-18)24-19(26)22-8-15-7-16(9-22)11-23(27,10-15)14-22/h13,15-17,27H,4-12,14H2,1-3H3/b24-20-. The number of amides is 1. The van der Waals surface area contributed by atoms with Crippen LogP contribution >= 0.6 is 11.3 Å². The van der Waals surface area contributed by atoms with Crippen molar-refractivity contribution in [3.8, 4) is 0 Å². The number of aliphatic hydroxyl groups is 1. The van der Waals surface area contributed by atoms with E-state index in [9.17, 15) is 9.90 Å². The van der Waals surface area contributed by atoms with Gasteiger partial charge >= 0.3 is 0 Å². The Labute approximate surface area is 177 Å². The third-order valence-electron chi connectivity index (χ3n) is 7.56. The van der Waals surface area contributed by atoms with Gasteiger partial charge in [-0.15, -0.1) is 11.3 Å². The van der Waals surface area contributed by atoms with Gasteiger partial charge in [0.15, 0.2) is 4.80 Å². The zero-order valence-electron chi connectivity index (χ0n) is 17.9. The molecule has 5 nitrogen and oxygen atoms in total. The summed E-state index contributed by atoms with van der Waals surface area (Å²) in [6.45, 7) is 8.21. The second-order valence-corrected chi connectivity index (χ2v) is 12.3. The molecule has 3 atom stereocenters. The van der Waals surface area contributed by atoms with Crippen molar-refractivity contribution in [2.45, 2.75) is 95.8 Å². The van der Waals surface area contributed by atoms with Crippen LogP contribution in [0.2, 0.25) is 0 Å². The van der Waals surface area contributed by atoms with Gasteiger partial charge in [-0.1, -0.05) is 20.8 Å². The van der Waals surface area contributed by atoms with E-state index in [0.29, 0.717) is 18.3 Å². The second kappa shape index (κ2) is 6.76. The molecule has 1 saturated heterocycles. The van der Waals surface area contributed by atoms with Gasteiger partial charge in [-0.3, -0.25) is 4.79 Å². The van der Waals surface area contributed by atoms with Crippen LogP contribution in [0.5, 0.6) is 0 Å². The van der Waals surface area contributed by atoms with E-state index in [2.05, 4.69) is 31.5 Å². The predicted molar refractivity (Wildman–Crippen MR) is 113 cm³/mol. The van der Waals surface area contributed by atoms with Crippen molar-refractivity contribution in [1.29, 1.82) is 0 Å². The Morgan fingerprint density at radius 2 is 2.03 bits per heavy atom. The summed E-state index contributed by atoms with van der Waals surface area (Å²) in [6.07, 6.45) is 9.95. The fourth-order valence-corrected chi connectivity index (χ4v) is 7.68. The molecule has 1 aliphatic heterocycles.